The van der Waals surface area contributed by atoms with Crippen LogP contribution < -0.4 is 5.32 Å². The molecule has 1 amide bonds. The number of para-hydroxylation sites is 1. The first-order valence-electron chi connectivity index (χ1n) is 10.9. The molecule has 3 aromatic carbocycles. The second-order valence-corrected chi connectivity index (χ2v) is 10.5. The number of carbonyl (C=O) groups is 1. The Labute approximate surface area is 222 Å². The quantitative estimate of drug-likeness (QED) is 0.265. The first kappa shape index (κ1) is 24.0. The standard InChI is InChI=1S/C27H20Cl3N3OS/c1-15-7-9-18(28)12-23(15)31-27-32-26(34)25(35-27)13-20-16(2)33(24-6-4-3-5-19(20)24)14-17-8-10-21(29)22(30)11-17/h3-13H,14H2,1-2H3,(H,31,32,34)/b25-13-. The Kier molecular flexibility index (Phi) is 6.69. The maximum absolute atomic E-state index is 12.8. The van der Waals surface area contributed by atoms with E-state index in [1.165, 1.54) is 11.8 Å². The Morgan fingerprint density at radius 3 is 2.60 bits per heavy atom. The molecule has 1 aliphatic heterocycles. The van der Waals surface area contributed by atoms with E-state index in [2.05, 4.69) is 33.9 Å². The number of carbonyl (C=O) groups excluding carboxylic acids is 1. The van der Waals surface area contributed by atoms with Crippen molar-refractivity contribution in [3.8, 4) is 0 Å². The molecule has 176 valence electrons. The lowest BCUT2D eigenvalue weighted by Crippen LogP contribution is -2.19. The summed E-state index contributed by atoms with van der Waals surface area (Å²) in [5, 5.41) is 6.14. The lowest BCUT2D eigenvalue weighted by atomic mass is 10.1. The molecular weight excluding hydrogens is 521 g/mol. The fourth-order valence-corrected chi connectivity index (χ4v) is 5.39. The van der Waals surface area contributed by atoms with Crippen molar-refractivity contribution in [1.29, 1.82) is 0 Å². The van der Waals surface area contributed by atoms with Crippen LogP contribution in [0.3, 0.4) is 0 Å². The number of amidine groups is 1. The molecule has 1 aromatic heterocycles. The maximum Gasteiger partial charge on any atom is 0.264 e. The van der Waals surface area contributed by atoms with Gasteiger partial charge in [-0.15, -0.1) is 0 Å². The van der Waals surface area contributed by atoms with Crippen LogP contribution in [0, 0.1) is 13.8 Å². The van der Waals surface area contributed by atoms with Crippen molar-refractivity contribution in [1.82, 2.24) is 9.88 Å². The van der Waals surface area contributed by atoms with Crippen molar-refractivity contribution in [2.75, 3.05) is 0 Å². The molecule has 8 heteroatoms. The molecule has 1 saturated heterocycles. The number of nitrogens with one attached hydrogen (secondary N) is 1. The van der Waals surface area contributed by atoms with Gasteiger partial charge >= 0.3 is 0 Å². The van der Waals surface area contributed by atoms with Crippen LogP contribution in [0.1, 0.15) is 22.4 Å². The number of benzene rings is 3. The fourth-order valence-electron chi connectivity index (χ4n) is 4.09. The average Bonchev–Trinajstić information content (AvgIpc) is 3.30. The Hall–Kier alpha value is -2.70. The van der Waals surface area contributed by atoms with Gasteiger partial charge in [0.15, 0.2) is 5.17 Å². The molecule has 0 atom stereocenters. The lowest BCUT2D eigenvalue weighted by Gasteiger charge is -2.10. The molecule has 2 heterocycles. The number of thioether (sulfide) groups is 1. The summed E-state index contributed by atoms with van der Waals surface area (Å²) in [4.78, 5) is 18.0. The summed E-state index contributed by atoms with van der Waals surface area (Å²) in [5.74, 6) is -0.172. The maximum atomic E-state index is 12.8. The summed E-state index contributed by atoms with van der Waals surface area (Å²) >= 11 is 19.8. The van der Waals surface area contributed by atoms with E-state index in [9.17, 15) is 4.79 Å². The minimum atomic E-state index is -0.172. The SMILES string of the molecule is Cc1ccc(Cl)cc1N=C1NC(=O)/C(=C/c2c(C)n(Cc3ccc(Cl)c(Cl)c3)c3ccccc23)S1. The number of nitrogens with zero attached hydrogens (tertiary/aromatic N) is 2. The highest BCUT2D eigenvalue weighted by Crippen LogP contribution is 2.34. The molecule has 1 N–H and O–H groups in total. The minimum Gasteiger partial charge on any atom is -0.340 e. The normalized spacial score (nSPS) is 16.0. The zero-order valence-electron chi connectivity index (χ0n) is 18.9. The monoisotopic (exact) mass is 539 g/mol. The highest BCUT2D eigenvalue weighted by molar-refractivity contribution is 8.18. The van der Waals surface area contributed by atoms with Crippen LogP contribution in [0.5, 0.6) is 0 Å². The van der Waals surface area contributed by atoms with Crippen LogP contribution >= 0.6 is 46.6 Å². The van der Waals surface area contributed by atoms with Gasteiger partial charge in [-0.25, -0.2) is 4.99 Å². The molecule has 0 aliphatic carbocycles. The van der Waals surface area contributed by atoms with Crippen LogP contribution in [-0.2, 0) is 11.3 Å². The topological polar surface area (TPSA) is 46.4 Å². The first-order chi connectivity index (χ1) is 16.8. The number of aromatic nitrogens is 1. The molecular formula is C27H20Cl3N3OS. The van der Waals surface area contributed by atoms with E-state index in [0.29, 0.717) is 31.7 Å². The average molecular weight is 541 g/mol. The van der Waals surface area contributed by atoms with Crippen molar-refractivity contribution >= 4 is 80.3 Å². The second kappa shape index (κ2) is 9.75. The molecule has 0 spiro atoms. The molecule has 0 radical (unpaired) electrons. The van der Waals surface area contributed by atoms with Crippen LogP contribution in [0.4, 0.5) is 5.69 Å². The number of rotatable bonds is 4. The van der Waals surface area contributed by atoms with Gasteiger partial charge in [0, 0.05) is 33.7 Å². The van der Waals surface area contributed by atoms with E-state index in [0.717, 1.165) is 39.0 Å². The highest BCUT2D eigenvalue weighted by Gasteiger charge is 2.25. The second-order valence-electron chi connectivity index (χ2n) is 8.26. The van der Waals surface area contributed by atoms with E-state index >= 15 is 0 Å². The van der Waals surface area contributed by atoms with Gasteiger partial charge in [-0.05, 0) is 73.1 Å². The van der Waals surface area contributed by atoms with E-state index < -0.39 is 0 Å². The Morgan fingerprint density at radius 1 is 1.00 bits per heavy atom. The number of hydrogen-bond donors (Lipinski definition) is 1. The number of aryl methyl sites for hydroxylation is 1. The Bertz CT molecular complexity index is 1560. The number of aliphatic imine (C=N–C) groups is 1. The van der Waals surface area contributed by atoms with Crippen LogP contribution in [-0.4, -0.2) is 15.6 Å². The van der Waals surface area contributed by atoms with Crippen molar-refractivity contribution in [2.45, 2.75) is 20.4 Å². The van der Waals surface area contributed by atoms with Crippen molar-refractivity contribution in [3.05, 3.63) is 103 Å². The number of amides is 1. The van der Waals surface area contributed by atoms with Crippen molar-refractivity contribution < 1.29 is 4.79 Å². The zero-order valence-corrected chi connectivity index (χ0v) is 22.0. The predicted molar refractivity (Wildman–Crippen MR) is 149 cm³/mol. The Balaban J connectivity index is 1.52. The van der Waals surface area contributed by atoms with E-state index in [4.69, 9.17) is 34.8 Å². The third-order valence-corrected chi connectivity index (χ3v) is 7.81. The van der Waals surface area contributed by atoms with Crippen molar-refractivity contribution in [3.63, 3.8) is 0 Å². The number of fused-ring (bicyclic) bond motifs is 1. The molecule has 1 aliphatic rings. The van der Waals surface area contributed by atoms with E-state index in [1.807, 2.05) is 55.5 Å². The number of halogens is 3. The highest BCUT2D eigenvalue weighted by atomic mass is 35.5. The first-order valence-corrected chi connectivity index (χ1v) is 12.8. The van der Waals surface area contributed by atoms with Crippen molar-refractivity contribution in [2.24, 2.45) is 4.99 Å². The summed E-state index contributed by atoms with van der Waals surface area (Å²) in [6, 6.07) is 19.4. The smallest absolute Gasteiger partial charge is 0.264 e. The van der Waals surface area contributed by atoms with Gasteiger partial charge in [0.25, 0.3) is 5.91 Å². The fraction of sp³-hybridized carbons (Fsp3) is 0.111. The molecule has 5 rings (SSSR count). The van der Waals surface area contributed by atoms with Crippen LogP contribution in [0.2, 0.25) is 15.1 Å². The van der Waals surface area contributed by atoms with Gasteiger partial charge in [0.2, 0.25) is 0 Å². The minimum absolute atomic E-state index is 0.172. The molecule has 1 fully saturated rings. The van der Waals surface area contributed by atoms with E-state index in [-0.39, 0.29) is 5.91 Å². The van der Waals surface area contributed by atoms with Gasteiger partial charge in [-0.2, -0.15) is 0 Å². The summed E-state index contributed by atoms with van der Waals surface area (Å²) in [7, 11) is 0. The van der Waals surface area contributed by atoms with Gasteiger partial charge < -0.3 is 9.88 Å². The van der Waals surface area contributed by atoms with E-state index in [1.54, 1.807) is 6.07 Å². The van der Waals surface area contributed by atoms with Gasteiger partial charge in [-0.3, -0.25) is 4.79 Å². The van der Waals surface area contributed by atoms with Gasteiger partial charge in [0.1, 0.15) is 0 Å². The molecule has 4 nitrogen and oxygen atoms in total. The summed E-state index contributed by atoms with van der Waals surface area (Å²) in [5.41, 5.74) is 5.88. The van der Waals surface area contributed by atoms with Gasteiger partial charge in [-0.1, -0.05) is 65.1 Å². The zero-order chi connectivity index (χ0) is 24.7. The largest absolute Gasteiger partial charge is 0.340 e. The van der Waals surface area contributed by atoms with Crippen LogP contribution in [0.15, 0.2) is 70.6 Å². The molecule has 0 unspecified atom stereocenters. The summed E-state index contributed by atoms with van der Waals surface area (Å²) in [6.07, 6.45) is 1.94. The third-order valence-electron chi connectivity index (χ3n) is 5.92. The molecule has 4 aromatic rings. The third kappa shape index (κ3) is 4.87. The summed E-state index contributed by atoms with van der Waals surface area (Å²) in [6.45, 7) is 4.65. The lowest BCUT2D eigenvalue weighted by molar-refractivity contribution is -0.115. The summed E-state index contributed by atoms with van der Waals surface area (Å²) < 4.78 is 2.23. The van der Waals surface area contributed by atoms with Crippen LogP contribution in [0.25, 0.3) is 17.0 Å². The molecule has 0 saturated carbocycles. The number of hydrogen-bond acceptors (Lipinski definition) is 3. The molecule has 0 bridgehead atoms. The Morgan fingerprint density at radius 2 is 1.80 bits per heavy atom. The predicted octanol–water partition coefficient (Wildman–Crippen LogP) is 8.16. The van der Waals surface area contributed by atoms with Gasteiger partial charge in [0.05, 0.1) is 20.6 Å². The molecule has 35 heavy (non-hydrogen) atoms.